The maximum absolute atomic E-state index is 12.5. The van der Waals surface area contributed by atoms with Gasteiger partial charge in [-0.1, -0.05) is 30.3 Å². The van der Waals surface area contributed by atoms with E-state index in [4.69, 9.17) is 9.68 Å². The summed E-state index contributed by atoms with van der Waals surface area (Å²) >= 11 is 0. The third-order valence-electron chi connectivity index (χ3n) is 3.77. The number of hydrogen-bond donors (Lipinski definition) is 1. The molecule has 1 rings (SSSR count). The molecule has 1 aromatic rings. The van der Waals surface area contributed by atoms with Crippen molar-refractivity contribution in [1.29, 1.82) is 0 Å². The van der Waals surface area contributed by atoms with Crippen LogP contribution >= 0.6 is 0 Å². The average molecular weight is 393 g/mol. The Hall–Kier alpha value is -2.45. The second-order valence-electron chi connectivity index (χ2n) is 7.81. The molecule has 0 aliphatic carbocycles. The quantitative estimate of drug-likeness (QED) is 0.334. The zero-order chi connectivity index (χ0) is 21.2. The van der Waals surface area contributed by atoms with Gasteiger partial charge in [-0.15, -0.1) is 0 Å². The minimum Gasteiger partial charge on any atom is -0.354 e. The molecule has 8 nitrogen and oxygen atoms in total. The summed E-state index contributed by atoms with van der Waals surface area (Å²) < 4.78 is 0. The van der Waals surface area contributed by atoms with Crippen LogP contribution in [0.15, 0.2) is 30.3 Å². The number of rotatable bonds is 12. The highest BCUT2D eigenvalue weighted by Gasteiger charge is 2.35. The van der Waals surface area contributed by atoms with Crippen LogP contribution < -0.4 is 5.32 Å². The van der Waals surface area contributed by atoms with E-state index in [1.807, 2.05) is 51.1 Å². The second kappa shape index (κ2) is 10.8. The summed E-state index contributed by atoms with van der Waals surface area (Å²) in [6, 6.07) is 9.36. The molecule has 0 spiro atoms. The minimum atomic E-state index is -1.19. The molecule has 156 valence electrons. The first kappa shape index (κ1) is 23.6. The number of carbonyl (C=O) groups excluding carboxylic acids is 3. The Labute approximate surface area is 166 Å². The summed E-state index contributed by atoms with van der Waals surface area (Å²) in [7, 11) is 0. The first-order chi connectivity index (χ1) is 13.1. The topological polar surface area (TPSA) is 88.2 Å². The molecule has 0 saturated carbocycles. The summed E-state index contributed by atoms with van der Waals surface area (Å²) in [5.74, 6) is -0.359. The van der Waals surface area contributed by atoms with Gasteiger partial charge in [0.1, 0.15) is 12.1 Å². The summed E-state index contributed by atoms with van der Waals surface area (Å²) in [6.07, 6.45) is 1.61. The predicted octanol–water partition coefficient (Wildman–Crippen LogP) is 2.05. The lowest BCUT2D eigenvalue weighted by Crippen LogP contribution is -2.54. The van der Waals surface area contributed by atoms with Crippen LogP contribution in [0.25, 0.3) is 0 Å². The van der Waals surface area contributed by atoms with Gasteiger partial charge in [-0.2, -0.15) is 0 Å². The molecule has 0 heterocycles. The second-order valence-corrected chi connectivity index (χ2v) is 7.81. The predicted molar refractivity (Wildman–Crippen MR) is 104 cm³/mol. The highest BCUT2D eigenvalue weighted by Crippen LogP contribution is 2.15. The third-order valence-corrected chi connectivity index (χ3v) is 3.77. The van der Waals surface area contributed by atoms with Crippen molar-refractivity contribution < 1.29 is 24.1 Å². The van der Waals surface area contributed by atoms with E-state index >= 15 is 0 Å². The molecule has 0 aromatic heterocycles. The fraction of sp³-hybridized carbons (Fsp3) is 0.550. The standard InChI is InChI=1S/C20H31N3O5/c1-19(2,3)28-22(15-24)13-9-12-21-18(26)20(4,5)23(16-25)27-14-17-10-7-6-8-11-17/h6-8,10-11,15-16H,9,12-14H2,1-5H3,(H,21,26). The Morgan fingerprint density at radius 3 is 2.25 bits per heavy atom. The minimum absolute atomic E-state index is 0.175. The number of hydrogen-bond acceptors (Lipinski definition) is 5. The van der Waals surface area contributed by atoms with E-state index in [1.165, 1.54) is 5.06 Å². The third kappa shape index (κ3) is 8.06. The van der Waals surface area contributed by atoms with E-state index in [0.29, 0.717) is 32.3 Å². The first-order valence-corrected chi connectivity index (χ1v) is 9.21. The van der Waals surface area contributed by atoms with E-state index in [-0.39, 0.29) is 12.5 Å². The molecule has 0 fully saturated rings. The van der Waals surface area contributed by atoms with Crippen molar-refractivity contribution in [2.75, 3.05) is 13.1 Å². The van der Waals surface area contributed by atoms with Crippen LogP contribution in [0, 0.1) is 0 Å². The molecule has 28 heavy (non-hydrogen) atoms. The largest absolute Gasteiger partial charge is 0.354 e. The average Bonchev–Trinajstić information content (AvgIpc) is 2.64. The van der Waals surface area contributed by atoms with Crippen LogP contribution in [0.1, 0.15) is 46.6 Å². The molecule has 0 atom stereocenters. The Kier molecular flexibility index (Phi) is 9.08. The molecular formula is C20H31N3O5. The van der Waals surface area contributed by atoms with Crippen LogP contribution in [0.4, 0.5) is 0 Å². The zero-order valence-corrected chi connectivity index (χ0v) is 17.3. The van der Waals surface area contributed by atoms with E-state index < -0.39 is 11.1 Å². The smallest absolute Gasteiger partial charge is 0.247 e. The maximum atomic E-state index is 12.5. The summed E-state index contributed by atoms with van der Waals surface area (Å²) in [6.45, 7) is 9.57. The molecule has 0 aliphatic heterocycles. The summed E-state index contributed by atoms with van der Waals surface area (Å²) in [5, 5.41) is 4.98. The monoisotopic (exact) mass is 393 g/mol. The normalized spacial score (nSPS) is 11.6. The molecule has 3 amide bonds. The van der Waals surface area contributed by atoms with E-state index in [0.717, 1.165) is 10.6 Å². The number of hydroxylamine groups is 4. The van der Waals surface area contributed by atoms with Crippen molar-refractivity contribution in [3.05, 3.63) is 35.9 Å². The molecule has 1 aromatic carbocycles. The van der Waals surface area contributed by atoms with Gasteiger partial charge in [-0.05, 0) is 46.6 Å². The number of amides is 3. The van der Waals surface area contributed by atoms with Crippen molar-refractivity contribution in [1.82, 2.24) is 15.4 Å². The fourth-order valence-corrected chi connectivity index (χ4v) is 2.27. The summed E-state index contributed by atoms with van der Waals surface area (Å²) in [4.78, 5) is 46.0. The lowest BCUT2D eigenvalue weighted by Gasteiger charge is -2.33. The van der Waals surface area contributed by atoms with Gasteiger partial charge in [0, 0.05) is 6.54 Å². The Balaban J connectivity index is 2.48. The van der Waals surface area contributed by atoms with Crippen molar-refractivity contribution >= 4 is 18.7 Å². The SMILES string of the molecule is CC(C)(C)ON(C=O)CCCNC(=O)C(C)(C)N(C=O)OCc1ccccc1. The molecule has 0 radical (unpaired) electrons. The lowest BCUT2D eigenvalue weighted by molar-refractivity contribution is -0.216. The van der Waals surface area contributed by atoms with Gasteiger partial charge < -0.3 is 5.32 Å². The lowest BCUT2D eigenvalue weighted by atomic mass is 10.0. The zero-order valence-electron chi connectivity index (χ0n) is 17.3. The van der Waals surface area contributed by atoms with Gasteiger partial charge >= 0.3 is 0 Å². The van der Waals surface area contributed by atoms with Gasteiger partial charge in [-0.25, -0.2) is 10.1 Å². The summed E-state index contributed by atoms with van der Waals surface area (Å²) in [5.41, 5.74) is -0.784. The highest BCUT2D eigenvalue weighted by molar-refractivity contribution is 5.86. The Bertz CT molecular complexity index is 628. The van der Waals surface area contributed by atoms with Crippen LogP contribution in [0.5, 0.6) is 0 Å². The fourth-order valence-electron chi connectivity index (χ4n) is 2.27. The van der Waals surface area contributed by atoms with Gasteiger partial charge in [0.05, 0.1) is 12.1 Å². The number of nitrogens with one attached hydrogen (secondary N) is 1. The van der Waals surface area contributed by atoms with Crippen molar-refractivity contribution in [2.45, 2.75) is 58.8 Å². The number of carbonyl (C=O) groups is 3. The molecular weight excluding hydrogens is 362 g/mol. The first-order valence-electron chi connectivity index (χ1n) is 9.21. The Morgan fingerprint density at radius 2 is 1.71 bits per heavy atom. The van der Waals surface area contributed by atoms with Gasteiger partial charge in [0.2, 0.25) is 18.7 Å². The van der Waals surface area contributed by atoms with E-state index in [2.05, 4.69) is 5.32 Å². The molecule has 0 saturated heterocycles. The number of nitrogens with zero attached hydrogens (tertiary/aromatic N) is 2. The van der Waals surface area contributed by atoms with E-state index in [1.54, 1.807) is 13.8 Å². The van der Waals surface area contributed by atoms with Crippen molar-refractivity contribution in [3.8, 4) is 0 Å². The van der Waals surface area contributed by atoms with Gasteiger partial charge in [-0.3, -0.25) is 24.1 Å². The van der Waals surface area contributed by atoms with Gasteiger partial charge in [0.25, 0.3) is 0 Å². The molecule has 8 heteroatoms. The van der Waals surface area contributed by atoms with E-state index in [9.17, 15) is 14.4 Å². The van der Waals surface area contributed by atoms with Crippen LogP contribution in [-0.2, 0) is 30.7 Å². The molecule has 0 aliphatic rings. The molecule has 1 N–H and O–H groups in total. The Morgan fingerprint density at radius 1 is 1.07 bits per heavy atom. The molecule has 0 bridgehead atoms. The number of benzene rings is 1. The maximum Gasteiger partial charge on any atom is 0.247 e. The van der Waals surface area contributed by atoms with Crippen LogP contribution in [0.2, 0.25) is 0 Å². The van der Waals surface area contributed by atoms with Crippen molar-refractivity contribution in [3.63, 3.8) is 0 Å². The van der Waals surface area contributed by atoms with Crippen molar-refractivity contribution in [2.24, 2.45) is 0 Å². The van der Waals surface area contributed by atoms with Crippen LogP contribution in [0.3, 0.4) is 0 Å². The van der Waals surface area contributed by atoms with Crippen LogP contribution in [-0.4, -0.2) is 53.1 Å². The van der Waals surface area contributed by atoms with Gasteiger partial charge in [0.15, 0.2) is 0 Å². The molecule has 0 unspecified atom stereocenters. The highest BCUT2D eigenvalue weighted by atomic mass is 16.7.